The number of anilines is 1. The van der Waals surface area contributed by atoms with Gasteiger partial charge in [0.15, 0.2) is 5.82 Å². The molecular formula is C21H22FN5O2. The highest BCUT2D eigenvalue weighted by molar-refractivity contribution is 5.72. The Morgan fingerprint density at radius 3 is 2.66 bits per heavy atom. The fourth-order valence-electron chi connectivity index (χ4n) is 3.79. The number of benzene rings is 1. The first kappa shape index (κ1) is 19.0. The molecule has 2 aromatic heterocycles. The number of phenolic OH excluding ortho intramolecular Hbond substituents is 1. The molecule has 2 atom stereocenters. The molecule has 0 unspecified atom stereocenters. The molecule has 4 rings (SSSR count). The van der Waals surface area contributed by atoms with Crippen molar-refractivity contribution in [1.82, 2.24) is 19.7 Å². The predicted octanol–water partition coefficient (Wildman–Crippen LogP) is 2.94. The third kappa shape index (κ3) is 3.57. The Bertz CT molecular complexity index is 1080. The average molecular weight is 395 g/mol. The Morgan fingerprint density at radius 1 is 1.17 bits per heavy atom. The predicted molar refractivity (Wildman–Crippen MR) is 109 cm³/mol. The lowest BCUT2D eigenvalue weighted by Crippen LogP contribution is -2.36. The maximum absolute atomic E-state index is 14.0. The molecule has 1 aliphatic rings. The second-order valence-electron chi connectivity index (χ2n) is 7.30. The highest BCUT2D eigenvalue weighted by atomic mass is 19.1. The molecule has 0 spiro atoms. The maximum Gasteiger partial charge on any atom is 0.253 e. The van der Waals surface area contributed by atoms with Gasteiger partial charge in [0, 0.05) is 37.5 Å². The SMILES string of the molecule is CN(c1ccc(-c2ccc(-c3nccc(=O)n3C)cc2O)nn1)[C@@H]1CCC[C@H]1F. The minimum Gasteiger partial charge on any atom is -0.507 e. The van der Waals surface area contributed by atoms with Crippen molar-refractivity contribution in [2.75, 3.05) is 11.9 Å². The number of aromatic nitrogens is 4. The molecule has 1 aromatic carbocycles. The van der Waals surface area contributed by atoms with Crippen molar-refractivity contribution in [3.8, 4) is 28.4 Å². The van der Waals surface area contributed by atoms with Gasteiger partial charge in [-0.1, -0.05) is 6.07 Å². The number of alkyl halides is 1. The van der Waals surface area contributed by atoms with Crippen molar-refractivity contribution < 1.29 is 9.50 Å². The first-order valence-corrected chi connectivity index (χ1v) is 9.52. The summed E-state index contributed by atoms with van der Waals surface area (Å²) in [6.07, 6.45) is 2.86. The normalized spacial score (nSPS) is 18.7. The van der Waals surface area contributed by atoms with Gasteiger partial charge in [-0.15, -0.1) is 10.2 Å². The van der Waals surface area contributed by atoms with Crippen LogP contribution in [0.5, 0.6) is 5.75 Å². The summed E-state index contributed by atoms with van der Waals surface area (Å²) in [5.41, 5.74) is 1.46. The minimum atomic E-state index is -0.847. The minimum absolute atomic E-state index is 0.00983. The molecule has 0 saturated heterocycles. The lowest BCUT2D eigenvalue weighted by molar-refractivity contribution is 0.306. The van der Waals surface area contributed by atoms with E-state index < -0.39 is 6.17 Å². The Balaban J connectivity index is 1.60. The van der Waals surface area contributed by atoms with Gasteiger partial charge in [0.05, 0.1) is 11.7 Å². The Morgan fingerprint density at radius 2 is 2.00 bits per heavy atom. The second-order valence-corrected chi connectivity index (χ2v) is 7.30. The zero-order chi connectivity index (χ0) is 20.5. The molecule has 2 heterocycles. The largest absolute Gasteiger partial charge is 0.507 e. The summed E-state index contributed by atoms with van der Waals surface area (Å²) < 4.78 is 15.4. The fraction of sp³-hybridized carbons (Fsp3) is 0.333. The molecule has 1 N–H and O–H groups in total. The lowest BCUT2D eigenvalue weighted by atomic mass is 10.1. The van der Waals surface area contributed by atoms with Crippen LogP contribution in [0, 0.1) is 0 Å². The van der Waals surface area contributed by atoms with Crippen LogP contribution in [0.3, 0.4) is 0 Å². The van der Waals surface area contributed by atoms with Crippen molar-refractivity contribution in [3.05, 3.63) is 52.9 Å². The van der Waals surface area contributed by atoms with E-state index in [-0.39, 0.29) is 17.4 Å². The maximum atomic E-state index is 14.0. The molecular weight excluding hydrogens is 373 g/mol. The summed E-state index contributed by atoms with van der Waals surface area (Å²) in [4.78, 5) is 17.9. The quantitative estimate of drug-likeness (QED) is 0.731. The third-order valence-electron chi connectivity index (χ3n) is 5.50. The molecule has 3 aromatic rings. The van der Waals surface area contributed by atoms with Crippen LogP contribution in [0.4, 0.5) is 10.2 Å². The first-order chi connectivity index (χ1) is 14.0. The summed E-state index contributed by atoms with van der Waals surface area (Å²) in [5, 5.41) is 18.9. The molecule has 1 saturated carbocycles. The monoisotopic (exact) mass is 395 g/mol. The fourth-order valence-corrected chi connectivity index (χ4v) is 3.79. The van der Waals surface area contributed by atoms with Crippen LogP contribution in [0.2, 0.25) is 0 Å². The van der Waals surface area contributed by atoms with Gasteiger partial charge in [-0.05, 0) is 43.5 Å². The molecule has 1 aliphatic carbocycles. The van der Waals surface area contributed by atoms with Crippen LogP contribution >= 0.6 is 0 Å². The molecule has 7 nitrogen and oxygen atoms in total. The highest BCUT2D eigenvalue weighted by Gasteiger charge is 2.31. The second kappa shape index (κ2) is 7.62. The Kier molecular flexibility index (Phi) is 5.00. The van der Waals surface area contributed by atoms with E-state index in [9.17, 15) is 14.3 Å². The number of aromatic hydroxyl groups is 1. The Labute approximate surface area is 167 Å². The third-order valence-corrected chi connectivity index (χ3v) is 5.50. The molecule has 8 heteroatoms. The average Bonchev–Trinajstić information content (AvgIpc) is 3.15. The van der Waals surface area contributed by atoms with Gasteiger partial charge in [-0.3, -0.25) is 9.36 Å². The van der Waals surface area contributed by atoms with Crippen LogP contribution in [-0.2, 0) is 7.05 Å². The topological polar surface area (TPSA) is 84.1 Å². The van der Waals surface area contributed by atoms with Crippen LogP contribution in [0.15, 0.2) is 47.4 Å². The standard InChI is InChI=1S/C21H22FN5O2/c1-26(17-5-3-4-15(17)22)19-9-8-16(24-25-19)14-7-6-13(12-18(14)28)21-23-11-10-20(29)27(21)2/h6-12,15,17,28H,3-5H2,1-2H3/t15-,17-/m1/s1. The van der Waals surface area contributed by atoms with Gasteiger partial charge in [0.1, 0.15) is 17.7 Å². The van der Waals surface area contributed by atoms with Gasteiger partial charge in [0.2, 0.25) is 0 Å². The molecule has 0 radical (unpaired) electrons. The van der Waals surface area contributed by atoms with Crippen molar-refractivity contribution in [2.24, 2.45) is 7.05 Å². The van der Waals surface area contributed by atoms with Crippen LogP contribution in [-0.4, -0.2) is 44.1 Å². The van der Waals surface area contributed by atoms with Crippen LogP contribution < -0.4 is 10.5 Å². The number of halogens is 1. The van der Waals surface area contributed by atoms with Gasteiger partial charge < -0.3 is 10.0 Å². The van der Waals surface area contributed by atoms with E-state index in [4.69, 9.17) is 0 Å². The van der Waals surface area contributed by atoms with Gasteiger partial charge >= 0.3 is 0 Å². The zero-order valence-corrected chi connectivity index (χ0v) is 16.3. The van der Waals surface area contributed by atoms with Crippen molar-refractivity contribution in [3.63, 3.8) is 0 Å². The van der Waals surface area contributed by atoms with Gasteiger partial charge in [-0.25, -0.2) is 9.37 Å². The van der Waals surface area contributed by atoms with E-state index in [1.807, 2.05) is 11.9 Å². The molecule has 0 bridgehead atoms. The Hall–Kier alpha value is -3.29. The van der Waals surface area contributed by atoms with E-state index in [2.05, 4.69) is 15.2 Å². The van der Waals surface area contributed by atoms with E-state index in [1.54, 1.807) is 37.4 Å². The molecule has 150 valence electrons. The molecule has 0 amide bonds. The van der Waals surface area contributed by atoms with E-state index in [1.165, 1.54) is 16.8 Å². The number of hydrogen-bond donors (Lipinski definition) is 1. The number of hydrogen-bond acceptors (Lipinski definition) is 6. The van der Waals surface area contributed by atoms with Crippen LogP contribution in [0.1, 0.15) is 19.3 Å². The number of rotatable bonds is 4. The lowest BCUT2D eigenvalue weighted by Gasteiger charge is -2.26. The number of nitrogens with zero attached hydrogens (tertiary/aromatic N) is 5. The highest BCUT2D eigenvalue weighted by Crippen LogP contribution is 2.33. The van der Waals surface area contributed by atoms with Gasteiger partial charge in [0.25, 0.3) is 5.56 Å². The van der Waals surface area contributed by atoms with Crippen molar-refractivity contribution in [1.29, 1.82) is 0 Å². The first-order valence-electron chi connectivity index (χ1n) is 9.52. The summed E-state index contributed by atoms with van der Waals surface area (Å²) in [5.74, 6) is 1.07. The molecule has 0 aliphatic heterocycles. The molecule has 29 heavy (non-hydrogen) atoms. The van der Waals surface area contributed by atoms with Gasteiger partial charge in [-0.2, -0.15) is 0 Å². The van der Waals surface area contributed by atoms with E-state index in [0.29, 0.717) is 34.9 Å². The zero-order valence-electron chi connectivity index (χ0n) is 16.3. The van der Waals surface area contributed by atoms with E-state index in [0.717, 1.165) is 12.8 Å². The summed E-state index contributed by atoms with van der Waals surface area (Å²) >= 11 is 0. The van der Waals surface area contributed by atoms with Crippen molar-refractivity contribution >= 4 is 5.82 Å². The number of phenols is 1. The summed E-state index contributed by atoms with van der Waals surface area (Å²) in [7, 11) is 3.46. The smallest absolute Gasteiger partial charge is 0.253 e. The summed E-state index contributed by atoms with van der Waals surface area (Å²) in [6.45, 7) is 0. The molecule has 1 fully saturated rings. The summed E-state index contributed by atoms with van der Waals surface area (Å²) in [6, 6.07) is 9.77. The van der Waals surface area contributed by atoms with Crippen molar-refractivity contribution in [2.45, 2.75) is 31.5 Å². The van der Waals surface area contributed by atoms with E-state index >= 15 is 0 Å². The van der Waals surface area contributed by atoms with Crippen LogP contribution in [0.25, 0.3) is 22.6 Å².